The van der Waals surface area contributed by atoms with Gasteiger partial charge in [-0.15, -0.1) is 0 Å². The van der Waals surface area contributed by atoms with Gasteiger partial charge in [0.1, 0.15) is 0 Å². The molecular weight excluding hydrogens is 228 g/mol. The second-order valence-corrected chi connectivity index (χ2v) is 3.62. The van der Waals surface area contributed by atoms with Gasteiger partial charge in [0, 0.05) is 11.8 Å². The third-order valence-corrected chi connectivity index (χ3v) is 2.58. The molecule has 0 saturated carbocycles. The van der Waals surface area contributed by atoms with Gasteiger partial charge >= 0.3 is 0 Å². The Morgan fingerprint density at radius 2 is 1.78 bits per heavy atom. The highest BCUT2D eigenvalue weighted by atomic mass is 16.5. The Bertz CT molecular complexity index is 586. The highest BCUT2D eigenvalue weighted by molar-refractivity contribution is 5.65. The van der Waals surface area contributed by atoms with Gasteiger partial charge in [-0.1, -0.05) is 12.1 Å². The van der Waals surface area contributed by atoms with Crippen LogP contribution >= 0.6 is 0 Å². The quantitative estimate of drug-likeness (QED) is 0.827. The number of benzene rings is 1. The molecule has 0 bridgehead atoms. The molecule has 0 N–H and O–H groups in total. The molecule has 0 aliphatic rings. The van der Waals surface area contributed by atoms with Gasteiger partial charge in [0.15, 0.2) is 5.75 Å². The highest BCUT2D eigenvalue weighted by Gasteiger charge is 2.07. The lowest BCUT2D eigenvalue weighted by Crippen LogP contribution is -1.93. The molecule has 2 aromatic rings. The molecule has 4 nitrogen and oxygen atoms in total. The molecule has 0 spiro atoms. The number of pyridine rings is 1. The minimum atomic E-state index is 0.454. The highest BCUT2D eigenvalue weighted by Crippen LogP contribution is 2.29. The number of hydrogen-bond donors (Lipinski definition) is 0. The number of methoxy groups -OCH3 is 2. The van der Waals surface area contributed by atoms with Crippen molar-refractivity contribution in [2.75, 3.05) is 14.2 Å². The van der Waals surface area contributed by atoms with E-state index in [1.807, 2.05) is 18.2 Å². The SMILES string of the molecule is COc1cc(-c2ccc(C#N)cc2)cnc1OC. The number of aromatic nitrogens is 1. The minimum absolute atomic E-state index is 0.454. The zero-order valence-electron chi connectivity index (χ0n) is 10.2. The minimum Gasteiger partial charge on any atom is -0.491 e. The maximum absolute atomic E-state index is 8.75. The zero-order chi connectivity index (χ0) is 13.0. The normalized spacial score (nSPS) is 9.61. The fourth-order valence-electron chi connectivity index (χ4n) is 1.63. The molecule has 0 saturated heterocycles. The van der Waals surface area contributed by atoms with E-state index in [4.69, 9.17) is 14.7 Å². The second kappa shape index (κ2) is 5.19. The molecule has 18 heavy (non-hydrogen) atoms. The topological polar surface area (TPSA) is 55.1 Å². The van der Waals surface area contributed by atoms with Crippen LogP contribution in [0.3, 0.4) is 0 Å². The summed E-state index contributed by atoms with van der Waals surface area (Å²) in [5.41, 5.74) is 2.52. The lowest BCUT2D eigenvalue weighted by Gasteiger charge is -2.08. The zero-order valence-corrected chi connectivity index (χ0v) is 10.2. The van der Waals surface area contributed by atoms with Crippen LogP contribution in [0.5, 0.6) is 11.6 Å². The van der Waals surface area contributed by atoms with E-state index in [1.165, 1.54) is 0 Å². The molecule has 4 heteroatoms. The summed E-state index contributed by atoms with van der Waals surface area (Å²) in [6, 6.07) is 11.2. The van der Waals surface area contributed by atoms with Crippen molar-refractivity contribution in [2.45, 2.75) is 0 Å². The Kier molecular flexibility index (Phi) is 3.44. The summed E-state index contributed by atoms with van der Waals surface area (Å²) in [6.07, 6.45) is 1.71. The molecule has 90 valence electrons. The first-order valence-electron chi connectivity index (χ1n) is 5.37. The molecule has 0 radical (unpaired) electrons. The first kappa shape index (κ1) is 11.9. The van der Waals surface area contributed by atoms with Gasteiger partial charge in [-0.05, 0) is 23.8 Å². The molecule has 1 aromatic heterocycles. The average Bonchev–Trinajstić information content (AvgIpc) is 2.46. The van der Waals surface area contributed by atoms with Gasteiger partial charge in [-0.2, -0.15) is 5.26 Å². The Morgan fingerprint density at radius 1 is 1.06 bits per heavy atom. The number of hydrogen-bond acceptors (Lipinski definition) is 4. The Hall–Kier alpha value is -2.54. The van der Waals surface area contributed by atoms with Crippen molar-refractivity contribution in [3.05, 3.63) is 42.1 Å². The molecule has 1 heterocycles. The van der Waals surface area contributed by atoms with E-state index >= 15 is 0 Å². The van der Waals surface area contributed by atoms with Crippen LogP contribution in [0.2, 0.25) is 0 Å². The van der Waals surface area contributed by atoms with Crippen LogP contribution in [0.15, 0.2) is 36.5 Å². The van der Waals surface area contributed by atoms with Crippen molar-refractivity contribution >= 4 is 0 Å². The van der Waals surface area contributed by atoms with E-state index < -0.39 is 0 Å². The lowest BCUT2D eigenvalue weighted by atomic mass is 10.1. The summed E-state index contributed by atoms with van der Waals surface area (Å²) in [7, 11) is 3.12. The summed E-state index contributed by atoms with van der Waals surface area (Å²) in [5.74, 6) is 1.04. The molecule has 0 atom stereocenters. The fourth-order valence-corrected chi connectivity index (χ4v) is 1.63. The van der Waals surface area contributed by atoms with Crippen LogP contribution in [0.25, 0.3) is 11.1 Å². The third kappa shape index (κ3) is 2.25. The lowest BCUT2D eigenvalue weighted by molar-refractivity contribution is 0.343. The average molecular weight is 240 g/mol. The maximum Gasteiger partial charge on any atom is 0.256 e. The molecule has 0 fully saturated rings. The largest absolute Gasteiger partial charge is 0.491 e. The first-order chi connectivity index (χ1) is 8.78. The predicted molar refractivity (Wildman–Crippen MR) is 67.5 cm³/mol. The summed E-state index contributed by atoms with van der Waals surface area (Å²) in [6.45, 7) is 0. The monoisotopic (exact) mass is 240 g/mol. The van der Waals surface area contributed by atoms with Crippen LogP contribution in [-0.2, 0) is 0 Å². The van der Waals surface area contributed by atoms with Crippen molar-refractivity contribution in [3.8, 4) is 28.8 Å². The van der Waals surface area contributed by atoms with Crippen molar-refractivity contribution in [1.29, 1.82) is 5.26 Å². The van der Waals surface area contributed by atoms with Crippen molar-refractivity contribution in [3.63, 3.8) is 0 Å². The van der Waals surface area contributed by atoms with Gasteiger partial charge in [0.05, 0.1) is 25.9 Å². The summed E-state index contributed by atoms with van der Waals surface area (Å²) >= 11 is 0. The predicted octanol–water partition coefficient (Wildman–Crippen LogP) is 2.64. The number of ether oxygens (including phenoxy) is 2. The third-order valence-electron chi connectivity index (χ3n) is 2.58. The Morgan fingerprint density at radius 3 is 2.33 bits per heavy atom. The van der Waals surface area contributed by atoms with Crippen molar-refractivity contribution in [1.82, 2.24) is 4.98 Å². The van der Waals surface area contributed by atoms with Crippen LogP contribution in [0, 0.1) is 11.3 Å². The van der Waals surface area contributed by atoms with Gasteiger partial charge in [-0.25, -0.2) is 4.98 Å². The van der Waals surface area contributed by atoms with E-state index in [0.29, 0.717) is 17.2 Å². The molecule has 0 amide bonds. The molecular formula is C14H12N2O2. The fraction of sp³-hybridized carbons (Fsp3) is 0.143. The standard InChI is InChI=1S/C14H12N2O2/c1-17-13-7-12(9-16-14(13)18-2)11-5-3-10(8-15)4-6-11/h3-7,9H,1-2H3. The van der Waals surface area contributed by atoms with E-state index in [9.17, 15) is 0 Å². The van der Waals surface area contributed by atoms with E-state index in [-0.39, 0.29) is 0 Å². The Labute approximate surface area is 105 Å². The van der Waals surface area contributed by atoms with Crippen LogP contribution in [-0.4, -0.2) is 19.2 Å². The number of nitriles is 1. The van der Waals surface area contributed by atoms with Crippen LogP contribution < -0.4 is 9.47 Å². The van der Waals surface area contributed by atoms with E-state index in [1.54, 1.807) is 32.5 Å². The first-order valence-corrected chi connectivity index (χ1v) is 5.37. The van der Waals surface area contributed by atoms with E-state index in [2.05, 4.69) is 11.1 Å². The summed E-state index contributed by atoms with van der Waals surface area (Å²) < 4.78 is 10.3. The van der Waals surface area contributed by atoms with Crippen LogP contribution in [0.1, 0.15) is 5.56 Å². The molecule has 2 rings (SSSR count). The van der Waals surface area contributed by atoms with Crippen molar-refractivity contribution < 1.29 is 9.47 Å². The molecule has 0 unspecified atom stereocenters. The van der Waals surface area contributed by atoms with Gasteiger partial charge in [0.2, 0.25) is 0 Å². The van der Waals surface area contributed by atoms with Crippen molar-refractivity contribution in [2.24, 2.45) is 0 Å². The second-order valence-electron chi connectivity index (χ2n) is 3.62. The maximum atomic E-state index is 8.75. The van der Waals surface area contributed by atoms with Crippen LogP contribution in [0.4, 0.5) is 0 Å². The Balaban J connectivity index is 2.41. The van der Waals surface area contributed by atoms with Gasteiger partial charge in [-0.3, -0.25) is 0 Å². The molecule has 1 aromatic carbocycles. The number of rotatable bonds is 3. The van der Waals surface area contributed by atoms with E-state index in [0.717, 1.165) is 11.1 Å². The molecule has 0 aliphatic carbocycles. The summed E-state index contributed by atoms with van der Waals surface area (Å²) in [4.78, 5) is 4.17. The molecule has 0 aliphatic heterocycles. The van der Waals surface area contributed by atoms with Gasteiger partial charge < -0.3 is 9.47 Å². The number of nitrogens with zero attached hydrogens (tertiary/aromatic N) is 2. The van der Waals surface area contributed by atoms with Gasteiger partial charge in [0.25, 0.3) is 5.88 Å². The smallest absolute Gasteiger partial charge is 0.256 e. The summed E-state index contributed by atoms with van der Waals surface area (Å²) in [5, 5.41) is 8.75.